The fourth-order valence-corrected chi connectivity index (χ4v) is 2.49. The third-order valence-corrected chi connectivity index (χ3v) is 3.40. The lowest BCUT2D eigenvalue weighted by Gasteiger charge is -2.07. The van der Waals surface area contributed by atoms with E-state index >= 15 is 0 Å². The number of benzene rings is 1. The van der Waals surface area contributed by atoms with Gasteiger partial charge in [0.1, 0.15) is 5.75 Å². The number of amides is 2. The van der Waals surface area contributed by atoms with Crippen LogP contribution in [-0.2, 0) is 11.2 Å². The van der Waals surface area contributed by atoms with Crippen molar-refractivity contribution < 1.29 is 14.3 Å². The van der Waals surface area contributed by atoms with Crippen LogP contribution in [0.3, 0.4) is 0 Å². The van der Waals surface area contributed by atoms with Crippen molar-refractivity contribution >= 4 is 22.9 Å². The molecule has 0 saturated carbocycles. The highest BCUT2D eigenvalue weighted by atomic mass is 32.2. The minimum Gasteiger partial charge on any atom is -0.494 e. The molecular weight excluding hydrogens is 238 g/mol. The highest BCUT2D eigenvalue weighted by Gasteiger charge is 2.31. The van der Waals surface area contributed by atoms with E-state index in [9.17, 15) is 9.59 Å². The maximum atomic E-state index is 11.4. The third-order valence-electron chi connectivity index (χ3n) is 2.42. The fraction of sp³-hybridized carbons (Fsp3) is 0.333. The number of carbonyl (C=O) groups excluding carboxylic acids is 2. The van der Waals surface area contributed by atoms with E-state index in [2.05, 4.69) is 5.32 Å². The van der Waals surface area contributed by atoms with Gasteiger partial charge in [0.15, 0.2) is 0 Å². The molecule has 4 nitrogen and oxygen atoms in total. The number of carbonyl (C=O) groups is 2. The molecule has 0 aliphatic carbocycles. The summed E-state index contributed by atoms with van der Waals surface area (Å²) >= 11 is 1.05. The van der Waals surface area contributed by atoms with Crippen LogP contribution in [0.1, 0.15) is 12.5 Å². The molecule has 1 aromatic carbocycles. The Labute approximate surface area is 104 Å². The van der Waals surface area contributed by atoms with Crippen molar-refractivity contribution in [3.05, 3.63) is 29.8 Å². The standard InChI is InChI=1S/C12H13NO3S/c1-2-16-9-5-3-8(4-6-9)7-10-11(14)13-12(15)17-10/h3-6,10H,2,7H2,1H3,(H,13,14,15)/t10-/m1/s1. The summed E-state index contributed by atoms with van der Waals surface area (Å²) in [6, 6.07) is 7.58. The van der Waals surface area contributed by atoms with Crippen molar-refractivity contribution in [1.29, 1.82) is 0 Å². The normalized spacial score (nSPS) is 19.2. The molecule has 0 unspecified atom stereocenters. The van der Waals surface area contributed by atoms with E-state index < -0.39 is 0 Å². The minimum absolute atomic E-state index is 0.200. The smallest absolute Gasteiger partial charge is 0.286 e. The van der Waals surface area contributed by atoms with E-state index in [0.29, 0.717) is 13.0 Å². The largest absolute Gasteiger partial charge is 0.494 e. The Kier molecular flexibility index (Phi) is 3.68. The summed E-state index contributed by atoms with van der Waals surface area (Å²) in [5, 5.41) is 1.72. The monoisotopic (exact) mass is 251 g/mol. The first kappa shape index (κ1) is 12.0. The van der Waals surface area contributed by atoms with Crippen LogP contribution >= 0.6 is 11.8 Å². The molecule has 1 N–H and O–H groups in total. The summed E-state index contributed by atoms with van der Waals surface area (Å²) < 4.78 is 5.33. The fourth-order valence-electron chi connectivity index (χ4n) is 1.63. The second-order valence-corrected chi connectivity index (χ2v) is 4.84. The lowest BCUT2D eigenvalue weighted by atomic mass is 10.1. The lowest BCUT2D eigenvalue weighted by Crippen LogP contribution is -2.25. The molecule has 0 bridgehead atoms. The molecule has 1 fully saturated rings. The van der Waals surface area contributed by atoms with Crippen LogP contribution < -0.4 is 10.1 Å². The molecule has 5 heteroatoms. The molecule has 1 aliphatic heterocycles. The molecule has 0 radical (unpaired) electrons. The maximum absolute atomic E-state index is 11.4. The van der Waals surface area contributed by atoms with Crippen LogP contribution in [0, 0.1) is 0 Å². The van der Waals surface area contributed by atoms with Gasteiger partial charge in [-0.15, -0.1) is 0 Å². The maximum Gasteiger partial charge on any atom is 0.286 e. The SMILES string of the molecule is CCOc1ccc(C[C@H]2SC(=O)NC2=O)cc1. The van der Waals surface area contributed by atoms with Gasteiger partial charge in [-0.2, -0.15) is 0 Å². The quantitative estimate of drug-likeness (QED) is 0.889. The Balaban J connectivity index is 1.99. The molecular formula is C12H13NO3S. The zero-order valence-electron chi connectivity index (χ0n) is 9.43. The summed E-state index contributed by atoms with van der Waals surface area (Å²) in [4.78, 5) is 22.4. The first-order valence-corrected chi connectivity index (χ1v) is 6.30. The van der Waals surface area contributed by atoms with E-state index in [1.54, 1.807) is 0 Å². The summed E-state index contributed by atoms with van der Waals surface area (Å²) in [6.07, 6.45) is 0.564. The Morgan fingerprint density at radius 2 is 2.00 bits per heavy atom. The number of hydrogen-bond acceptors (Lipinski definition) is 4. The summed E-state index contributed by atoms with van der Waals surface area (Å²) in [6.45, 7) is 2.56. The van der Waals surface area contributed by atoms with Gasteiger partial charge in [0.05, 0.1) is 11.9 Å². The van der Waals surface area contributed by atoms with Gasteiger partial charge in [-0.25, -0.2) is 0 Å². The number of nitrogens with one attached hydrogen (secondary N) is 1. The first-order chi connectivity index (χ1) is 8.19. The van der Waals surface area contributed by atoms with Crippen molar-refractivity contribution in [3.8, 4) is 5.75 Å². The van der Waals surface area contributed by atoms with E-state index in [0.717, 1.165) is 23.1 Å². The number of rotatable bonds is 4. The molecule has 2 amide bonds. The average Bonchev–Trinajstić information content (AvgIpc) is 2.61. The van der Waals surface area contributed by atoms with Crippen molar-refractivity contribution in [1.82, 2.24) is 5.32 Å². The van der Waals surface area contributed by atoms with Gasteiger partial charge in [-0.3, -0.25) is 14.9 Å². The highest BCUT2D eigenvalue weighted by molar-refractivity contribution is 8.15. The van der Waals surface area contributed by atoms with E-state index in [1.165, 1.54) is 0 Å². The molecule has 0 aromatic heterocycles. The second-order valence-electron chi connectivity index (χ2n) is 3.66. The van der Waals surface area contributed by atoms with Crippen molar-refractivity contribution in [2.75, 3.05) is 6.61 Å². The second kappa shape index (κ2) is 5.23. The average molecular weight is 251 g/mol. The van der Waals surface area contributed by atoms with E-state index in [4.69, 9.17) is 4.74 Å². The Morgan fingerprint density at radius 3 is 2.53 bits per heavy atom. The van der Waals surface area contributed by atoms with Gasteiger partial charge >= 0.3 is 0 Å². The van der Waals surface area contributed by atoms with Gasteiger partial charge in [-0.05, 0) is 31.0 Å². The van der Waals surface area contributed by atoms with Gasteiger partial charge in [0.2, 0.25) is 5.91 Å². The van der Waals surface area contributed by atoms with Crippen molar-refractivity contribution in [2.45, 2.75) is 18.6 Å². The summed E-state index contributed by atoms with van der Waals surface area (Å²) in [5.41, 5.74) is 1.02. The van der Waals surface area contributed by atoms with Crippen LogP contribution in [0.25, 0.3) is 0 Å². The molecule has 1 atom stereocenters. The van der Waals surface area contributed by atoms with Crippen molar-refractivity contribution in [2.24, 2.45) is 0 Å². The van der Waals surface area contributed by atoms with Gasteiger partial charge in [-0.1, -0.05) is 23.9 Å². The highest BCUT2D eigenvalue weighted by Crippen LogP contribution is 2.23. The first-order valence-electron chi connectivity index (χ1n) is 5.42. The molecule has 1 saturated heterocycles. The van der Waals surface area contributed by atoms with Crippen LogP contribution in [0.5, 0.6) is 5.75 Å². The van der Waals surface area contributed by atoms with Crippen LogP contribution in [0.15, 0.2) is 24.3 Å². The van der Waals surface area contributed by atoms with Gasteiger partial charge in [0, 0.05) is 0 Å². The van der Waals surface area contributed by atoms with E-state index in [-0.39, 0.29) is 16.4 Å². The van der Waals surface area contributed by atoms with E-state index in [1.807, 2.05) is 31.2 Å². The zero-order chi connectivity index (χ0) is 12.3. The number of thioether (sulfide) groups is 1. The van der Waals surface area contributed by atoms with Crippen LogP contribution in [0.4, 0.5) is 4.79 Å². The molecule has 1 heterocycles. The van der Waals surface area contributed by atoms with Crippen LogP contribution in [-0.4, -0.2) is 23.0 Å². The topological polar surface area (TPSA) is 55.4 Å². The number of hydrogen-bond donors (Lipinski definition) is 1. The summed E-state index contributed by atoms with van der Waals surface area (Å²) in [5.74, 6) is 0.615. The Morgan fingerprint density at radius 1 is 1.29 bits per heavy atom. The predicted octanol–water partition coefficient (Wildman–Crippen LogP) is 1.98. The summed E-state index contributed by atoms with van der Waals surface area (Å²) in [7, 11) is 0. The number of imide groups is 1. The van der Waals surface area contributed by atoms with Gasteiger partial charge < -0.3 is 4.74 Å². The van der Waals surface area contributed by atoms with Gasteiger partial charge in [0.25, 0.3) is 5.24 Å². The molecule has 1 aromatic rings. The minimum atomic E-state index is -0.305. The predicted molar refractivity (Wildman–Crippen MR) is 66.2 cm³/mol. The lowest BCUT2D eigenvalue weighted by molar-refractivity contribution is -0.118. The van der Waals surface area contributed by atoms with Crippen LogP contribution in [0.2, 0.25) is 0 Å². The zero-order valence-corrected chi connectivity index (χ0v) is 10.3. The van der Waals surface area contributed by atoms with Crippen molar-refractivity contribution in [3.63, 3.8) is 0 Å². The third kappa shape index (κ3) is 3.00. The molecule has 17 heavy (non-hydrogen) atoms. The molecule has 2 rings (SSSR count). The number of ether oxygens (including phenoxy) is 1. The Bertz CT molecular complexity index is 430. The molecule has 1 aliphatic rings. The Hall–Kier alpha value is -1.49. The molecule has 0 spiro atoms. The molecule has 90 valence electrons.